The summed E-state index contributed by atoms with van der Waals surface area (Å²) in [6.45, 7) is 7.22. The van der Waals surface area contributed by atoms with Crippen molar-refractivity contribution in [1.82, 2.24) is 0 Å². The maximum Gasteiger partial charge on any atom is 0.306 e. The summed E-state index contributed by atoms with van der Waals surface area (Å²) >= 11 is 0. The van der Waals surface area contributed by atoms with Crippen LogP contribution in [0.3, 0.4) is 0 Å². The highest BCUT2D eigenvalue weighted by Gasteiger charge is 2.61. The minimum Gasteiger partial charge on any atom is -0.462 e. The van der Waals surface area contributed by atoms with Gasteiger partial charge in [-0.1, -0.05) is 72.1 Å². The molecule has 7 unspecified atom stereocenters. The monoisotopic (exact) mass is 472 g/mol. The molecule has 4 saturated carbocycles. The van der Waals surface area contributed by atoms with Gasteiger partial charge < -0.3 is 4.74 Å². The minimum atomic E-state index is 0.0541. The van der Waals surface area contributed by atoms with Gasteiger partial charge in [0, 0.05) is 24.7 Å². The van der Waals surface area contributed by atoms with E-state index in [9.17, 15) is 9.59 Å². The van der Waals surface area contributed by atoms with Crippen LogP contribution in [0.15, 0.2) is 0 Å². The first kappa shape index (κ1) is 26.2. The van der Waals surface area contributed by atoms with Crippen molar-refractivity contribution in [3.8, 4) is 0 Å². The van der Waals surface area contributed by atoms with Gasteiger partial charge in [-0.05, 0) is 80.5 Å². The Morgan fingerprint density at radius 1 is 0.824 bits per heavy atom. The molecular weight excluding hydrogens is 420 g/mol. The van der Waals surface area contributed by atoms with Crippen molar-refractivity contribution in [3.05, 3.63) is 0 Å². The number of rotatable bonds is 11. The summed E-state index contributed by atoms with van der Waals surface area (Å²) < 4.78 is 6.20. The highest BCUT2D eigenvalue weighted by Crippen LogP contribution is 2.66. The maximum atomic E-state index is 12.7. The molecule has 0 aliphatic heterocycles. The van der Waals surface area contributed by atoms with Gasteiger partial charge in [0.2, 0.25) is 0 Å². The predicted octanol–water partition coefficient (Wildman–Crippen LogP) is 8.43. The van der Waals surface area contributed by atoms with Crippen LogP contribution in [0.5, 0.6) is 0 Å². The summed E-state index contributed by atoms with van der Waals surface area (Å²) in [7, 11) is 0. The van der Waals surface area contributed by atoms with E-state index >= 15 is 0 Å². The lowest BCUT2D eigenvalue weighted by molar-refractivity contribution is -0.164. The van der Waals surface area contributed by atoms with Gasteiger partial charge in [-0.3, -0.25) is 9.59 Å². The number of hydrogen-bond acceptors (Lipinski definition) is 3. The van der Waals surface area contributed by atoms with Crippen LogP contribution in [0.1, 0.15) is 143 Å². The highest BCUT2D eigenvalue weighted by atomic mass is 16.5. The van der Waals surface area contributed by atoms with Crippen molar-refractivity contribution < 1.29 is 14.3 Å². The van der Waals surface area contributed by atoms with Crippen LogP contribution in [0.2, 0.25) is 0 Å². The number of ketones is 1. The van der Waals surface area contributed by atoms with Crippen molar-refractivity contribution in [1.29, 1.82) is 0 Å². The van der Waals surface area contributed by atoms with Gasteiger partial charge in [-0.2, -0.15) is 0 Å². The zero-order valence-electron chi connectivity index (χ0n) is 22.5. The minimum absolute atomic E-state index is 0.0541. The van der Waals surface area contributed by atoms with E-state index < -0.39 is 0 Å². The predicted molar refractivity (Wildman–Crippen MR) is 138 cm³/mol. The number of esters is 1. The molecule has 194 valence electrons. The molecule has 0 radical (unpaired) electrons. The van der Waals surface area contributed by atoms with Gasteiger partial charge in [-0.15, -0.1) is 0 Å². The fourth-order valence-electron chi connectivity index (χ4n) is 8.99. The summed E-state index contributed by atoms with van der Waals surface area (Å²) in [6.07, 6.45) is 22.3. The van der Waals surface area contributed by atoms with E-state index in [4.69, 9.17) is 4.74 Å². The van der Waals surface area contributed by atoms with E-state index in [1.54, 1.807) is 0 Å². The van der Waals surface area contributed by atoms with E-state index in [-0.39, 0.29) is 17.5 Å². The van der Waals surface area contributed by atoms with Crippen LogP contribution in [-0.2, 0) is 14.3 Å². The molecule has 3 heteroatoms. The molecule has 4 fully saturated rings. The van der Waals surface area contributed by atoms with Crippen LogP contribution in [0.25, 0.3) is 0 Å². The SMILES string of the molecule is CCCCCCCCCCCC(=O)OC1CCC2C3CCC4CC(=O)CCC4(C)C3CCC12C. The van der Waals surface area contributed by atoms with Crippen molar-refractivity contribution in [2.45, 2.75) is 149 Å². The van der Waals surface area contributed by atoms with E-state index in [1.807, 2.05) is 0 Å². The fraction of sp³-hybridized carbons (Fsp3) is 0.935. The Hall–Kier alpha value is -0.860. The number of carbonyl (C=O) groups is 2. The van der Waals surface area contributed by atoms with E-state index in [1.165, 1.54) is 83.5 Å². The smallest absolute Gasteiger partial charge is 0.306 e. The molecule has 4 aliphatic rings. The van der Waals surface area contributed by atoms with Gasteiger partial charge >= 0.3 is 5.97 Å². The zero-order chi connectivity index (χ0) is 24.2. The van der Waals surface area contributed by atoms with E-state index in [0.717, 1.165) is 43.9 Å². The molecule has 0 aromatic rings. The van der Waals surface area contributed by atoms with Crippen molar-refractivity contribution in [2.24, 2.45) is 34.5 Å². The second-order valence-corrected chi connectivity index (χ2v) is 13.1. The normalized spacial score (nSPS) is 39.3. The molecule has 0 bridgehead atoms. The Morgan fingerprint density at radius 3 is 2.24 bits per heavy atom. The molecule has 0 aromatic carbocycles. The molecule has 34 heavy (non-hydrogen) atoms. The van der Waals surface area contributed by atoms with Gasteiger partial charge in [-0.25, -0.2) is 0 Å². The van der Waals surface area contributed by atoms with Gasteiger partial charge in [0.25, 0.3) is 0 Å². The Balaban J connectivity index is 1.22. The molecule has 0 heterocycles. The molecule has 7 atom stereocenters. The number of unbranched alkanes of at least 4 members (excludes halogenated alkanes) is 8. The molecular formula is C31H52O3. The maximum absolute atomic E-state index is 12.7. The molecule has 3 nitrogen and oxygen atoms in total. The standard InChI is InChI=1S/C31H52O3/c1-4-5-6-7-8-9-10-11-12-13-29(33)34-28-17-16-26-25-15-14-23-22-24(32)18-20-30(23,2)27(25)19-21-31(26,28)3/h23,25-28H,4-22H2,1-3H3. The van der Waals surface area contributed by atoms with Gasteiger partial charge in [0.05, 0.1) is 0 Å². The lowest BCUT2D eigenvalue weighted by Gasteiger charge is -2.60. The number of fused-ring (bicyclic) bond motifs is 5. The number of ether oxygens (including phenoxy) is 1. The number of hydrogen-bond donors (Lipinski definition) is 0. The molecule has 0 spiro atoms. The summed E-state index contributed by atoms with van der Waals surface area (Å²) in [4.78, 5) is 24.8. The first-order chi connectivity index (χ1) is 16.4. The van der Waals surface area contributed by atoms with Crippen molar-refractivity contribution in [3.63, 3.8) is 0 Å². The molecule has 4 rings (SSSR count). The van der Waals surface area contributed by atoms with Crippen LogP contribution in [-0.4, -0.2) is 17.9 Å². The Morgan fingerprint density at radius 2 is 1.50 bits per heavy atom. The van der Waals surface area contributed by atoms with Gasteiger partial charge in [0.1, 0.15) is 11.9 Å². The Kier molecular flexibility index (Phi) is 8.84. The fourth-order valence-corrected chi connectivity index (χ4v) is 8.99. The van der Waals surface area contributed by atoms with Crippen LogP contribution in [0.4, 0.5) is 0 Å². The lowest BCUT2D eigenvalue weighted by atomic mass is 9.45. The third-order valence-corrected chi connectivity index (χ3v) is 11.2. The van der Waals surface area contributed by atoms with Gasteiger partial charge in [0.15, 0.2) is 0 Å². The van der Waals surface area contributed by atoms with Crippen LogP contribution < -0.4 is 0 Å². The van der Waals surface area contributed by atoms with Crippen LogP contribution in [0, 0.1) is 34.5 Å². The molecule has 4 aliphatic carbocycles. The molecule has 0 saturated heterocycles. The third-order valence-electron chi connectivity index (χ3n) is 11.2. The quantitative estimate of drug-likeness (QED) is 0.224. The average Bonchev–Trinajstić information content (AvgIpc) is 3.14. The zero-order valence-corrected chi connectivity index (χ0v) is 22.5. The Labute approximate surface area is 209 Å². The van der Waals surface area contributed by atoms with Crippen molar-refractivity contribution >= 4 is 11.8 Å². The summed E-state index contributed by atoms with van der Waals surface area (Å²) in [6, 6.07) is 0. The second-order valence-electron chi connectivity index (χ2n) is 13.1. The topological polar surface area (TPSA) is 43.4 Å². The van der Waals surface area contributed by atoms with E-state index in [2.05, 4.69) is 20.8 Å². The summed E-state index contributed by atoms with van der Waals surface area (Å²) in [5.74, 6) is 3.42. The molecule has 0 amide bonds. The van der Waals surface area contributed by atoms with Crippen LogP contribution >= 0.6 is 0 Å². The van der Waals surface area contributed by atoms with E-state index in [0.29, 0.717) is 29.5 Å². The number of carbonyl (C=O) groups excluding carboxylic acids is 2. The third kappa shape index (κ3) is 5.44. The van der Waals surface area contributed by atoms with Crippen molar-refractivity contribution in [2.75, 3.05) is 0 Å². The lowest BCUT2D eigenvalue weighted by Crippen LogP contribution is -2.54. The second kappa shape index (κ2) is 11.5. The summed E-state index contributed by atoms with van der Waals surface area (Å²) in [5, 5.41) is 0. The molecule has 0 N–H and O–H groups in total. The highest BCUT2D eigenvalue weighted by molar-refractivity contribution is 5.79. The molecule has 0 aromatic heterocycles. The number of Topliss-reactive ketones (excluding diaryl/α,β-unsaturated/α-hetero) is 1. The summed E-state index contributed by atoms with van der Waals surface area (Å²) in [5.41, 5.74) is 0.534. The largest absolute Gasteiger partial charge is 0.462 e. The average molecular weight is 473 g/mol. The Bertz CT molecular complexity index is 701. The first-order valence-electron chi connectivity index (χ1n) is 15.1. The first-order valence-corrected chi connectivity index (χ1v) is 15.1.